The van der Waals surface area contributed by atoms with Crippen LogP contribution in [0, 0.1) is 0 Å². The zero-order chi connectivity index (χ0) is 13.4. The van der Waals surface area contributed by atoms with E-state index in [1.807, 2.05) is 12.1 Å². The van der Waals surface area contributed by atoms with E-state index in [1.54, 1.807) is 17.7 Å². The van der Waals surface area contributed by atoms with Crippen LogP contribution in [0.3, 0.4) is 0 Å². The number of hydrogen-bond acceptors (Lipinski definition) is 7. The van der Waals surface area contributed by atoms with E-state index in [4.69, 9.17) is 16.2 Å². The molecule has 2 aromatic heterocycles. The Balaban J connectivity index is 2.10. The van der Waals surface area contributed by atoms with Crippen LogP contribution in [0.1, 0.15) is 5.82 Å². The lowest BCUT2D eigenvalue weighted by Crippen LogP contribution is -1.97. The second-order valence-electron chi connectivity index (χ2n) is 4.04. The van der Waals surface area contributed by atoms with E-state index >= 15 is 0 Å². The van der Waals surface area contributed by atoms with Gasteiger partial charge >= 0.3 is 0 Å². The molecule has 0 aliphatic heterocycles. The van der Waals surface area contributed by atoms with E-state index in [0.29, 0.717) is 28.8 Å². The summed E-state index contributed by atoms with van der Waals surface area (Å²) >= 11 is 1.43. The summed E-state index contributed by atoms with van der Waals surface area (Å²) < 4.78 is 6.72. The highest BCUT2D eigenvalue weighted by Gasteiger charge is 2.13. The smallest absolute Gasteiger partial charge is 0.235 e. The lowest BCUT2D eigenvalue weighted by molar-refractivity contribution is 0.176. The van der Waals surface area contributed by atoms with Crippen LogP contribution in [0.25, 0.3) is 15.5 Å². The maximum Gasteiger partial charge on any atom is 0.235 e. The van der Waals surface area contributed by atoms with Gasteiger partial charge in [-0.1, -0.05) is 11.3 Å². The van der Waals surface area contributed by atoms with Crippen molar-refractivity contribution in [2.45, 2.75) is 6.61 Å². The molecule has 8 heteroatoms. The molecule has 0 aliphatic carbocycles. The van der Waals surface area contributed by atoms with Gasteiger partial charge in [0.25, 0.3) is 0 Å². The Kier molecular flexibility index (Phi) is 2.80. The summed E-state index contributed by atoms with van der Waals surface area (Å²) in [4.78, 5) is 0.711. The van der Waals surface area contributed by atoms with E-state index < -0.39 is 0 Å². The molecule has 1 aromatic carbocycles. The van der Waals surface area contributed by atoms with Crippen molar-refractivity contribution >= 4 is 27.7 Å². The fourth-order valence-corrected chi connectivity index (χ4v) is 2.64. The molecule has 0 atom stereocenters. The molecule has 3 aromatic rings. The van der Waals surface area contributed by atoms with E-state index in [-0.39, 0.29) is 0 Å². The molecule has 4 N–H and O–H groups in total. The summed E-state index contributed by atoms with van der Waals surface area (Å²) in [5, 5.41) is 13.3. The van der Waals surface area contributed by atoms with Gasteiger partial charge in [0.05, 0.1) is 0 Å². The molecule has 98 valence electrons. The van der Waals surface area contributed by atoms with Crippen molar-refractivity contribution in [3.8, 4) is 10.6 Å². The number of rotatable bonds is 3. The van der Waals surface area contributed by atoms with Gasteiger partial charge in [-0.2, -0.15) is 9.61 Å². The zero-order valence-electron chi connectivity index (χ0n) is 10.2. The van der Waals surface area contributed by atoms with Crippen LogP contribution in [0.5, 0.6) is 0 Å². The molecule has 0 amide bonds. The van der Waals surface area contributed by atoms with Crippen molar-refractivity contribution in [3.05, 3.63) is 24.0 Å². The molecule has 7 nitrogen and oxygen atoms in total. The van der Waals surface area contributed by atoms with Crippen LogP contribution >= 0.6 is 11.3 Å². The van der Waals surface area contributed by atoms with Gasteiger partial charge in [0.15, 0.2) is 5.82 Å². The molecule has 0 bridgehead atoms. The molecular formula is C11H12N6OS. The summed E-state index contributed by atoms with van der Waals surface area (Å²) in [6.45, 7) is 0.364. The maximum absolute atomic E-state index is 5.79. The number of nitrogen functional groups attached to an aromatic ring is 2. The summed E-state index contributed by atoms with van der Waals surface area (Å²) in [6, 6.07) is 5.37. The summed E-state index contributed by atoms with van der Waals surface area (Å²) in [6.07, 6.45) is 0. The molecule has 19 heavy (non-hydrogen) atoms. The minimum Gasteiger partial charge on any atom is -0.399 e. The predicted octanol–water partition coefficient (Wildman–Crippen LogP) is 1.16. The van der Waals surface area contributed by atoms with E-state index in [1.165, 1.54) is 11.3 Å². The van der Waals surface area contributed by atoms with Crippen molar-refractivity contribution in [1.82, 2.24) is 19.8 Å². The number of benzene rings is 1. The third-order valence-corrected chi connectivity index (χ3v) is 3.50. The lowest BCUT2D eigenvalue weighted by atomic mass is 10.2. The van der Waals surface area contributed by atoms with Crippen LogP contribution in [0.2, 0.25) is 0 Å². The number of fused-ring (bicyclic) bond motifs is 1. The Morgan fingerprint density at radius 2 is 1.95 bits per heavy atom. The normalized spacial score (nSPS) is 11.2. The number of aromatic nitrogens is 4. The Morgan fingerprint density at radius 3 is 2.63 bits per heavy atom. The van der Waals surface area contributed by atoms with Crippen LogP contribution in [0.15, 0.2) is 18.2 Å². The van der Waals surface area contributed by atoms with E-state index in [2.05, 4.69) is 15.3 Å². The van der Waals surface area contributed by atoms with Crippen molar-refractivity contribution in [2.24, 2.45) is 0 Å². The van der Waals surface area contributed by atoms with Gasteiger partial charge in [-0.3, -0.25) is 0 Å². The molecular weight excluding hydrogens is 264 g/mol. The molecule has 0 saturated heterocycles. The van der Waals surface area contributed by atoms with Gasteiger partial charge in [-0.15, -0.1) is 10.2 Å². The Labute approximate surface area is 112 Å². The summed E-state index contributed by atoms with van der Waals surface area (Å²) in [5.74, 6) is 0.664. The molecule has 3 rings (SSSR count). The number of ether oxygens (including phenoxy) is 1. The molecule has 2 heterocycles. The van der Waals surface area contributed by atoms with E-state index in [0.717, 1.165) is 10.6 Å². The highest BCUT2D eigenvalue weighted by molar-refractivity contribution is 7.19. The van der Waals surface area contributed by atoms with Gasteiger partial charge in [0.2, 0.25) is 4.96 Å². The third kappa shape index (κ3) is 2.11. The number of anilines is 2. The number of hydrogen-bond donors (Lipinski definition) is 2. The molecule has 0 saturated carbocycles. The Hall–Kier alpha value is -2.19. The molecule has 0 spiro atoms. The zero-order valence-corrected chi connectivity index (χ0v) is 11.0. The van der Waals surface area contributed by atoms with Crippen molar-refractivity contribution in [3.63, 3.8) is 0 Å². The van der Waals surface area contributed by atoms with E-state index in [9.17, 15) is 0 Å². The topological polar surface area (TPSA) is 104 Å². The van der Waals surface area contributed by atoms with Gasteiger partial charge < -0.3 is 16.2 Å². The average Bonchev–Trinajstić information content (AvgIpc) is 2.90. The predicted molar refractivity (Wildman–Crippen MR) is 73.6 cm³/mol. The van der Waals surface area contributed by atoms with Crippen molar-refractivity contribution in [1.29, 1.82) is 0 Å². The quantitative estimate of drug-likeness (QED) is 0.696. The number of nitrogens with zero attached hydrogens (tertiary/aromatic N) is 4. The Morgan fingerprint density at radius 1 is 1.21 bits per heavy atom. The summed E-state index contributed by atoms with van der Waals surface area (Å²) in [7, 11) is 1.60. The lowest BCUT2D eigenvalue weighted by Gasteiger charge is -2.00. The van der Waals surface area contributed by atoms with Crippen LogP contribution in [-0.2, 0) is 11.3 Å². The third-order valence-electron chi connectivity index (χ3n) is 2.55. The van der Waals surface area contributed by atoms with Crippen molar-refractivity contribution in [2.75, 3.05) is 18.6 Å². The SMILES string of the molecule is COCc1nnc2sc(-c3cc(N)cc(N)c3)nn12. The molecule has 0 fully saturated rings. The van der Waals surface area contributed by atoms with Crippen LogP contribution in [0.4, 0.5) is 11.4 Å². The second kappa shape index (κ2) is 4.48. The molecule has 0 unspecified atom stereocenters. The van der Waals surface area contributed by atoms with Gasteiger partial charge in [-0.25, -0.2) is 0 Å². The van der Waals surface area contributed by atoms with Gasteiger partial charge in [-0.05, 0) is 18.2 Å². The standard InChI is InChI=1S/C11H12N6OS/c1-18-5-9-14-15-11-17(9)16-10(19-11)6-2-7(12)4-8(13)3-6/h2-4H,5,12-13H2,1H3. The second-order valence-corrected chi connectivity index (χ2v) is 5.00. The fraction of sp³-hybridized carbons (Fsp3) is 0.182. The first-order chi connectivity index (χ1) is 9.17. The average molecular weight is 276 g/mol. The number of methoxy groups -OCH3 is 1. The monoisotopic (exact) mass is 276 g/mol. The van der Waals surface area contributed by atoms with Gasteiger partial charge in [0, 0.05) is 24.0 Å². The maximum atomic E-state index is 5.79. The fourth-order valence-electron chi connectivity index (χ4n) is 1.79. The largest absolute Gasteiger partial charge is 0.399 e. The minimum absolute atomic E-state index is 0.364. The highest BCUT2D eigenvalue weighted by Crippen LogP contribution is 2.28. The first kappa shape index (κ1) is 11.9. The number of nitrogens with two attached hydrogens (primary N) is 2. The molecule has 0 radical (unpaired) electrons. The Bertz CT molecular complexity index is 714. The first-order valence-corrected chi connectivity index (χ1v) is 6.35. The minimum atomic E-state index is 0.364. The highest BCUT2D eigenvalue weighted by atomic mass is 32.1. The van der Waals surface area contributed by atoms with Gasteiger partial charge in [0.1, 0.15) is 11.6 Å². The van der Waals surface area contributed by atoms with Crippen LogP contribution in [-0.4, -0.2) is 26.9 Å². The first-order valence-electron chi connectivity index (χ1n) is 5.54. The molecule has 0 aliphatic rings. The summed E-state index contributed by atoms with van der Waals surface area (Å²) in [5.41, 5.74) is 13.7. The van der Waals surface area contributed by atoms with Crippen LogP contribution < -0.4 is 11.5 Å². The van der Waals surface area contributed by atoms with Crippen molar-refractivity contribution < 1.29 is 4.74 Å².